The average Bonchev–Trinajstić information content (AvgIpc) is 2.59. The molecule has 0 bridgehead atoms. The van der Waals surface area contributed by atoms with E-state index < -0.39 is 0 Å². The van der Waals surface area contributed by atoms with E-state index >= 15 is 0 Å². The maximum atomic E-state index is 12.4. The summed E-state index contributed by atoms with van der Waals surface area (Å²) in [4.78, 5) is 14.7. The van der Waals surface area contributed by atoms with E-state index in [4.69, 9.17) is 0 Å². The molecule has 1 fully saturated rings. The van der Waals surface area contributed by atoms with Crippen LogP contribution in [0, 0.1) is 0 Å². The van der Waals surface area contributed by atoms with Crippen molar-refractivity contribution in [2.75, 3.05) is 26.7 Å². The van der Waals surface area contributed by atoms with Crippen LogP contribution in [-0.4, -0.2) is 49.6 Å². The summed E-state index contributed by atoms with van der Waals surface area (Å²) in [5.41, 5.74) is 1.21. The fraction of sp³-hybridized carbons (Fsp3) is 0.421. The summed E-state index contributed by atoms with van der Waals surface area (Å²) in [5.74, 6) is 0.104. The van der Waals surface area contributed by atoms with Gasteiger partial charge in [-0.2, -0.15) is 0 Å². The Kier molecular flexibility index (Phi) is 4.94. The molecule has 4 nitrogen and oxygen atoms in total. The number of hydrogen-bond donors (Lipinski definition) is 2. The van der Waals surface area contributed by atoms with Gasteiger partial charge >= 0.3 is 0 Å². The molecule has 0 aromatic heterocycles. The first kappa shape index (κ1) is 16.0. The van der Waals surface area contributed by atoms with Gasteiger partial charge in [-0.1, -0.05) is 42.5 Å². The predicted molar refractivity (Wildman–Crippen MR) is 94.5 cm³/mol. The first-order valence-corrected chi connectivity index (χ1v) is 8.34. The quantitative estimate of drug-likeness (QED) is 0.905. The van der Waals surface area contributed by atoms with Gasteiger partial charge in [0.15, 0.2) is 0 Å². The number of fused-ring (bicyclic) bond motifs is 1. The number of hydrogen-bond acceptors (Lipinski definition) is 3. The molecule has 122 valence electrons. The zero-order chi connectivity index (χ0) is 16.2. The highest BCUT2D eigenvalue weighted by atomic mass is 16.2. The van der Waals surface area contributed by atoms with Crippen molar-refractivity contribution in [2.45, 2.75) is 25.4 Å². The molecule has 3 rings (SSSR count). The van der Waals surface area contributed by atoms with Crippen molar-refractivity contribution in [3.05, 3.63) is 48.0 Å². The van der Waals surface area contributed by atoms with E-state index in [0.717, 1.165) is 26.1 Å². The van der Waals surface area contributed by atoms with E-state index in [1.54, 1.807) is 7.05 Å². The lowest BCUT2D eigenvalue weighted by atomic mass is 9.99. The Morgan fingerprint density at radius 1 is 1.30 bits per heavy atom. The van der Waals surface area contributed by atoms with Crippen LogP contribution in [0.1, 0.15) is 12.5 Å². The third kappa shape index (κ3) is 3.71. The van der Waals surface area contributed by atoms with Gasteiger partial charge in [-0.25, -0.2) is 0 Å². The maximum Gasteiger partial charge on any atom is 0.237 e. The number of carbonyl (C=O) groups is 1. The molecule has 1 aliphatic rings. The fourth-order valence-electron chi connectivity index (χ4n) is 3.39. The second-order valence-electron chi connectivity index (χ2n) is 6.37. The minimum atomic E-state index is -0.106. The molecule has 1 heterocycles. The summed E-state index contributed by atoms with van der Waals surface area (Å²) in [6.07, 6.45) is 0.747. The first-order valence-electron chi connectivity index (χ1n) is 8.34. The largest absolute Gasteiger partial charge is 0.358 e. The molecule has 0 saturated carbocycles. The van der Waals surface area contributed by atoms with Gasteiger partial charge in [-0.15, -0.1) is 0 Å². The molecular formula is C19H25N3O. The summed E-state index contributed by atoms with van der Waals surface area (Å²) < 4.78 is 0. The van der Waals surface area contributed by atoms with Crippen LogP contribution in [-0.2, 0) is 11.2 Å². The second kappa shape index (κ2) is 7.11. The number of likely N-dealkylation sites (N-methyl/N-ethyl adjacent to an activating group) is 1. The molecule has 2 N–H and O–H groups in total. The van der Waals surface area contributed by atoms with E-state index in [1.807, 2.05) is 0 Å². The minimum Gasteiger partial charge on any atom is -0.358 e. The minimum absolute atomic E-state index is 0.104. The van der Waals surface area contributed by atoms with Crippen molar-refractivity contribution >= 4 is 16.7 Å². The fourth-order valence-corrected chi connectivity index (χ4v) is 3.39. The highest BCUT2D eigenvalue weighted by molar-refractivity contribution is 5.84. The van der Waals surface area contributed by atoms with Crippen molar-refractivity contribution in [1.29, 1.82) is 0 Å². The van der Waals surface area contributed by atoms with Gasteiger partial charge in [-0.05, 0) is 29.7 Å². The van der Waals surface area contributed by atoms with Crippen molar-refractivity contribution in [1.82, 2.24) is 15.5 Å². The van der Waals surface area contributed by atoms with Crippen molar-refractivity contribution in [3.8, 4) is 0 Å². The van der Waals surface area contributed by atoms with E-state index in [-0.39, 0.29) is 11.9 Å². The van der Waals surface area contributed by atoms with Crippen molar-refractivity contribution < 1.29 is 4.79 Å². The zero-order valence-electron chi connectivity index (χ0n) is 13.9. The molecule has 4 heteroatoms. The van der Waals surface area contributed by atoms with Crippen LogP contribution in [0.4, 0.5) is 0 Å². The molecule has 2 unspecified atom stereocenters. The molecular weight excluding hydrogens is 286 g/mol. The SMILES string of the molecule is CNC(=O)C(Cc1ccc2ccccc2c1)N1CCNC(C)C1. The Bertz CT molecular complexity index is 685. The lowest BCUT2D eigenvalue weighted by Crippen LogP contribution is -2.57. The Hall–Kier alpha value is -1.91. The van der Waals surface area contributed by atoms with Gasteiger partial charge in [-0.3, -0.25) is 9.69 Å². The highest BCUT2D eigenvalue weighted by Crippen LogP contribution is 2.18. The summed E-state index contributed by atoms with van der Waals surface area (Å²) in [6.45, 7) is 4.93. The molecule has 2 atom stereocenters. The van der Waals surface area contributed by atoms with Gasteiger partial charge < -0.3 is 10.6 Å². The third-order valence-corrected chi connectivity index (χ3v) is 4.63. The average molecular weight is 311 g/mol. The Balaban J connectivity index is 1.83. The van der Waals surface area contributed by atoms with Crippen LogP contribution in [0.25, 0.3) is 10.8 Å². The number of carbonyl (C=O) groups excluding carboxylic acids is 1. The van der Waals surface area contributed by atoms with Gasteiger partial charge in [0, 0.05) is 32.7 Å². The van der Waals surface area contributed by atoms with E-state index in [0.29, 0.717) is 6.04 Å². The lowest BCUT2D eigenvalue weighted by Gasteiger charge is -2.37. The van der Waals surface area contributed by atoms with E-state index in [9.17, 15) is 4.79 Å². The van der Waals surface area contributed by atoms with Gasteiger partial charge in [0.25, 0.3) is 0 Å². The predicted octanol–water partition coefficient (Wildman–Crippen LogP) is 1.79. The normalized spacial score (nSPS) is 20.3. The third-order valence-electron chi connectivity index (χ3n) is 4.63. The standard InChI is InChI=1S/C19H25N3O/c1-14-13-22(10-9-21-14)18(19(23)20-2)12-15-7-8-16-5-3-4-6-17(16)11-15/h3-8,11,14,18,21H,9-10,12-13H2,1-2H3,(H,20,23). The van der Waals surface area contributed by atoms with Crippen LogP contribution >= 0.6 is 0 Å². The van der Waals surface area contributed by atoms with Gasteiger partial charge in [0.2, 0.25) is 5.91 Å². The second-order valence-corrected chi connectivity index (χ2v) is 6.37. The summed E-state index contributed by atoms with van der Waals surface area (Å²) in [7, 11) is 1.72. The number of benzene rings is 2. The number of nitrogens with zero attached hydrogens (tertiary/aromatic N) is 1. The van der Waals surface area contributed by atoms with Gasteiger partial charge in [0.05, 0.1) is 6.04 Å². The molecule has 1 aliphatic heterocycles. The van der Waals surface area contributed by atoms with Crippen LogP contribution in [0.15, 0.2) is 42.5 Å². The number of amides is 1. The monoisotopic (exact) mass is 311 g/mol. The maximum absolute atomic E-state index is 12.4. The van der Waals surface area contributed by atoms with Crippen LogP contribution < -0.4 is 10.6 Å². The van der Waals surface area contributed by atoms with Crippen LogP contribution in [0.2, 0.25) is 0 Å². The van der Waals surface area contributed by atoms with Crippen LogP contribution in [0.3, 0.4) is 0 Å². The Labute approximate surface area is 137 Å². The Morgan fingerprint density at radius 2 is 2.09 bits per heavy atom. The number of rotatable bonds is 4. The van der Waals surface area contributed by atoms with Crippen molar-refractivity contribution in [2.24, 2.45) is 0 Å². The lowest BCUT2D eigenvalue weighted by molar-refractivity contribution is -0.126. The first-order chi connectivity index (χ1) is 11.2. The smallest absolute Gasteiger partial charge is 0.237 e. The highest BCUT2D eigenvalue weighted by Gasteiger charge is 2.28. The zero-order valence-corrected chi connectivity index (χ0v) is 13.9. The molecule has 2 aromatic rings. The van der Waals surface area contributed by atoms with Crippen molar-refractivity contribution in [3.63, 3.8) is 0 Å². The molecule has 0 radical (unpaired) electrons. The van der Waals surface area contributed by atoms with E-state index in [1.165, 1.54) is 16.3 Å². The molecule has 23 heavy (non-hydrogen) atoms. The number of piperazine rings is 1. The van der Waals surface area contributed by atoms with Crippen LogP contribution in [0.5, 0.6) is 0 Å². The summed E-state index contributed by atoms with van der Waals surface area (Å²) in [5, 5.41) is 8.74. The molecule has 0 spiro atoms. The molecule has 0 aliphatic carbocycles. The summed E-state index contributed by atoms with van der Waals surface area (Å²) in [6, 6.07) is 15.2. The Morgan fingerprint density at radius 3 is 2.83 bits per heavy atom. The number of nitrogens with one attached hydrogen (secondary N) is 2. The van der Waals surface area contributed by atoms with Gasteiger partial charge in [0.1, 0.15) is 0 Å². The molecule has 2 aromatic carbocycles. The topological polar surface area (TPSA) is 44.4 Å². The van der Waals surface area contributed by atoms with E-state index in [2.05, 4.69) is 64.9 Å². The summed E-state index contributed by atoms with van der Waals surface area (Å²) >= 11 is 0. The molecule has 1 saturated heterocycles. The molecule has 1 amide bonds.